The molecule has 31 nitrogen and oxygen atoms in total. The molecule has 2 N–H and O–H groups in total. The number of halogens is 8. The summed E-state index contributed by atoms with van der Waals surface area (Å²) in [7, 11) is -3.29. The number of carboxylic acid groups (broad SMARTS) is 2. The number of carboxylic acids is 2. The highest BCUT2D eigenvalue weighted by Crippen LogP contribution is 2.52. The van der Waals surface area contributed by atoms with Crippen LogP contribution in [0.1, 0.15) is 189 Å². The summed E-state index contributed by atoms with van der Waals surface area (Å²) in [6, 6.07) is 12.7. The third-order valence-corrected chi connectivity index (χ3v) is 27.9. The van der Waals surface area contributed by atoms with E-state index in [1.54, 1.807) is 40.7 Å². The molecule has 0 bridgehead atoms. The van der Waals surface area contributed by atoms with E-state index in [2.05, 4.69) is 33.5 Å². The van der Waals surface area contributed by atoms with Gasteiger partial charge >= 0.3 is 51.6 Å². The summed E-state index contributed by atoms with van der Waals surface area (Å²) in [5.41, 5.74) is -6.16. The van der Waals surface area contributed by atoms with E-state index in [4.69, 9.17) is 68.2 Å². The van der Waals surface area contributed by atoms with E-state index in [0.717, 1.165) is 12.1 Å². The summed E-state index contributed by atoms with van der Waals surface area (Å²) < 4.78 is 212. The average molecular weight is 2040 g/mol. The fraction of sp³-hybridized carbons (Fsp3) is 0.442. The van der Waals surface area contributed by atoms with Crippen LogP contribution in [0.5, 0.6) is 5.75 Å². The molecule has 10 aliphatic rings. The lowest BCUT2D eigenvalue weighted by atomic mass is 9.71. The molecule has 0 radical (unpaired) electrons. The Bertz CT molecular complexity index is 6080. The van der Waals surface area contributed by atoms with Crippen LogP contribution in [0.4, 0.5) is 39.9 Å². The molecule has 5 saturated heterocycles. The number of rotatable bonds is 28. The summed E-state index contributed by atoms with van der Waals surface area (Å²) in [4.78, 5) is 131. The minimum Gasteiger partial charge on any atom is -0.482 e. The van der Waals surface area contributed by atoms with E-state index in [1.165, 1.54) is 119 Å². The van der Waals surface area contributed by atoms with E-state index < -0.39 is 126 Å². The topological polar surface area (TPSA) is 405 Å². The first-order valence-corrected chi connectivity index (χ1v) is 47.0. The molecular formula is C104H111F8NO30S. The highest BCUT2D eigenvalue weighted by molar-refractivity contribution is 7.88. The van der Waals surface area contributed by atoms with E-state index in [1.807, 2.05) is 20.8 Å². The second-order valence-corrected chi connectivity index (χ2v) is 37.7. The zero-order valence-electron chi connectivity index (χ0n) is 81.1. The van der Waals surface area contributed by atoms with Crippen molar-refractivity contribution < 1.29 is 177 Å². The Labute approximate surface area is 825 Å². The SMILES string of the molecule is C=CCOC(=O)[C@@H]1C[C@]2([C@@H](C)Cc3cc(C(=O)O)c(C)cc3F)OCOC2=CC1=O.C=CC[C@H]1C[C@]2([C@@H](C)Cc3cc(C(=O)O)c(C)cc3F)OCOC2=CC1=O.COC(=O)c1cc(C[C@H](C)[C@]23CCC(=O)C=C2OCO3)c(F)cc1C.COC(=O)c1cc(C[C@H](C)[C@]23CCC(=O)C=C2OCO3)c(F)cc1C.Cc1cc(F)c(C[C@H](C)[C@]23CCC(=O)C=C2OCO3)cc1OS(=O)(=O)C(F)(F)F.[C-]#[N+]C(=O)OCC=C. The first kappa shape index (κ1) is 113. The second kappa shape index (κ2) is 47.5. The van der Waals surface area contributed by atoms with Gasteiger partial charge in [0.2, 0.25) is 0 Å². The highest BCUT2D eigenvalue weighted by atomic mass is 32.2. The monoisotopic (exact) mass is 2040 g/mol. The number of aromatic carboxylic acids is 2. The number of amides is 1. The van der Waals surface area contributed by atoms with E-state index in [-0.39, 0.29) is 166 Å². The van der Waals surface area contributed by atoms with Gasteiger partial charge in [-0.25, -0.2) is 41.1 Å². The predicted octanol–water partition coefficient (Wildman–Crippen LogP) is 17.7. The molecule has 15 rings (SSSR count). The second-order valence-electron chi connectivity index (χ2n) is 36.2. The van der Waals surface area contributed by atoms with Crippen molar-refractivity contribution in [3.8, 4) is 5.75 Å². The number of hydrogen-bond acceptors (Lipinski definition) is 28. The minimum absolute atomic E-state index is 0.00588. The molecule has 5 fully saturated rings. The van der Waals surface area contributed by atoms with Crippen molar-refractivity contribution in [2.24, 2.45) is 41.4 Å². The van der Waals surface area contributed by atoms with Gasteiger partial charge in [0.15, 0.2) is 62.9 Å². The van der Waals surface area contributed by atoms with Crippen LogP contribution in [0.25, 0.3) is 4.85 Å². The fourth-order valence-corrected chi connectivity index (χ4v) is 19.4. The van der Waals surface area contributed by atoms with Gasteiger partial charge in [-0.1, -0.05) is 66.0 Å². The van der Waals surface area contributed by atoms with Gasteiger partial charge in [0.25, 0.3) is 0 Å². The van der Waals surface area contributed by atoms with Crippen LogP contribution < -0.4 is 4.18 Å². The zero-order chi connectivity index (χ0) is 106. The van der Waals surface area contributed by atoms with Gasteiger partial charge in [-0.05, 0) is 245 Å². The van der Waals surface area contributed by atoms with Crippen LogP contribution >= 0.6 is 0 Å². The molecule has 0 unspecified atom stereocenters. The molecule has 0 aromatic heterocycles. The first-order chi connectivity index (χ1) is 67.9. The standard InChI is InChI=1S/C22H23FO7.C21H23FO5.2C19H21FO5.C18H18F4O6S.C5H5NO2/c1-4-5-28-21(27)16-10-22(19(9-18(16)24)29-11-30-22)13(3)7-14-8-15(20(25)26)12(2)6-17(14)23;1-4-5-14-10-21(19(9-18(14)23)26-11-27-21)13(3)7-15-8-16(20(24)25)12(2)6-17(15)22;2*1-11-6-16(20)13(8-15(11)18(22)23-3)7-12(2)19-5-4-14(21)9-17(19)24-10-25-19;1-10-5-14(19)12(7-15(10)28-29(24,25)18(20,21)22)6-11(2)17-4-3-13(23)8-16(17)26-9-27-17;1-3-4-8-5(7)6-2/h4,6,8-9,13,16H,1,5,7,10-11H2,2-3H3,(H,25,26);4,6,8-9,13-14H,1,5,7,10-11H2,2-3H3,(H,24,25);2*6,8-9,12H,4-5,7,10H2,1-3H3;5,7-8,11H,3-4,6,9H2,1-2H3;3H,1,4H2/t13-,16+,22+;13-,14-,21+;2*12-,19+;11-,17+;/m00000./s1. The number of fused-ring (bicyclic) bond motifs is 5. The van der Waals surface area contributed by atoms with Crippen molar-refractivity contribution in [1.82, 2.24) is 0 Å². The van der Waals surface area contributed by atoms with E-state index in [9.17, 15) is 106 Å². The molecule has 0 spiro atoms. The zero-order valence-corrected chi connectivity index (χ0v) is 81.9. The van der Waals surface area contributed by atoms with Gasteiger partial charge in [0.1, 0.15) is 111 Å². The molecule has 40 heteroatoms. The summed E-state index contributed by atoms with van der Waals surface area (Å²) >= 11 is 0. The molecule has 144 heavy (non-hydrogen) atoms. The molecule has 1 amide bonds. The van der Waals surface area contributed by atoms with Crippen molar-refractivity contribution in [3.63, 3.8) is 0 Å². The largest absolute Gasteiger partial charge is 0.561 e. The minimum atomic E-state index is -5.89. The number of carbonyl (C=O) groups excluding carboxylic acids is 9. The molecule has 0 saturated carbocycles. The summed E-state index contributed by atoms with van der Waals surface area (Å²) in [6.45, 7) is 33.7. The molecule has 5 heterocycles. The molecule has 5 aromatic rings. The predicted molar refractivity (Wildman–Crippen MR) is 495 cm³/mol. The number of ketones is 5. The van der Waals surface area contributed by atoms with Gasteiger partial charge in [-0.15, -0.1) is 6.58 Å². The smallest absolute Gasteiger partial charge is 0.482 e. The molecule has 12 atom stereocenters. The van der Waals surface area contributed by atoms with E-state index >= 15 is 0 Å². The lowest BCUT2D eigenvalue weighted by molar-refractivity contribution is -0.154. The van der Waals surface area contributed by atoms with Crippen LogP contribution in [0, 0.1) is 112 Å². The Balaban J connectivity index is 0.000000181. The fourth-order valence-electron chi connectivity index (χ4n) is 18.9. The number of hydrogen-bond donors (Lipinski definition) is 2. The van der Waals surface area contributed by atoms with Gasteiger partial charge in [0, 0.05) is 62.0 Å². The summed E-state index contributed by atoms with van der Waals surface area (Å²) in [6.07, 6.45) is 15.0. The lowest BCUT2D eigenvalue weighted by Gasteiger charge is -2.38. The Morgan fingerprint density at radius 2 is 0.757 bits per heavy atom. The van der Waals surface area contributed by atoms with Crippen LogP contribution in [0.2, 0.25) is 0 Å². The normalized spacial score (nSPS) is 22.9. The van der Waals surface area contributed by atoms with Crippen molar-refractivity contribution in [2.75, 3.05) is 61.4 Å². The number of benzene rings is 5. The Morgan fingerprint density at radius 1 is 0.451 bits per heavy atom. The Kier molecular flexibility index (Phi) is 37.1. The van der Waals surface area contributed by atoms with Gasteiger partial charge < -0.3 is 80.7 Å². The van der Waals surface area contributed by atoms with Crippen LogP contribution in [-0.2, 0) is 137 Å². The maximum Gasteiger partial charge on any atom is 0.561 e. The summed E-state index contributed by atoms with van der Waals surface area (Å²) in [5, 5.41) is 18.6. The lowest BCUT2D eigenvalue weighted by Crippen LogP contribution is -2.47. The summed E-state index contributed by atoms with van der Waals surface area (Å²) in [5.74, 6) is -8.01. The van der Waals surface area contributed by atoms with Crippen molar-refractivity contribution in [2.45, 2.75) is 193 Å². The number of nitrogens with zero attached hydrogens (tertiary/aromatic N) is 1. The third kappa shape index (κ3) is 25.2. The van der Waals surface area contributed by atoms with Crippen molar-refractivity contribution >= 4 is 75.0 Å². The number of carbonyl (C=O) groups is 11. The highest BCUT2D eigenvalue weighted by Gasteiger charge is 2.57. The third-order valence-electron chi connectivity index (χ3n) is 27.0. The molecule has 5 aliphatic carbocycles. The quantitative estimate of drug-likeness (QED) is 0.00686. The van der Waals surface area contributed by atoms with Crippen LogP contribution in [-0.4, -0.2) is 178 Å². The van der Waals surface area contributed by atoms with Crippen LogP contribution in [0.15, 0.2) is 158 Å². The number of alkyl halides is 3. The van der Waals surface area contributed by atoms with Gasteiger partial charge in [0.05, 0.1) is 43.1 Å². The average Bonchev–Trinajstić information content (AvgIpc) is 1.56. The Morgan fingerprint density at radius 3 is 1.09 bits per heavy atom. The number of allylic oxidation sites excluding steroid dienone is 6. The first-order valence-electron chi connectivity index (χ1n) is 45.6. The van der Waals surface area contributed by atoms with Crippen molar-refractivity contribution in [3.05, 3.63) is 276 Å². The van der Waals surface area contributed by atoms with Gasteiger partial charge in [-0.2, -0.15) is 26.4 Å². The molecule has 5 aromatic carbocycles. The van der Waals surface area contributed by atoms with Crippen LogP contribution in [0.3, 0.4) is 0 Å². The number of ether oxygens (including phenoxy) is 14. The van der Waals surface area contributed by atoms with E-state index in [0.29, 0.717) is 137 Å². The molecular weight excluding hydrogens is 1930 g/mol. The number of aryl methyl sites for hydroxylation is 5. The van der Waals surface area contributed by atoms with Crippen molar-refractivity contribution in [1.29, 1.82) is 0 Å². The Hall–Kier alpha value is -13.3. The number of methoxy groups -OCH3 is 2. The molecule has 5 aliphatic heterocycles. The number of esters is 3. The maximum atomic E-state index is 14.6. The van der Waals surface area contributed by atoms with Gasteiger partial charge in [-0.3, -0.25) is 33.6 Å². The maximum absolute atomic E-state index is 14.6. The molecule has 774 valence electrons.